The van der Waals surface area contributed by atoms with Crippen LogP contribution in [0.25, 0.3) is 0 Å². The van der Waals surface area contributed by atoms with E-state index in [1.165, 1.54) is 24.3 Å². The average molecular weight is 297 g/mol. The molecule has 1 aromatic rings. The van der Waals surface area contributed by atoms with Gasteiger partial charge >= 0.3 is 5.97 Å². The zero-order chi connectivity index (χ0) is 15.9. The molecular formula is C15H20FNO4. The molecule has 0 saturated carbocycles. The second-order valence-electron chi connectivity index (χ2n) is 4.69. The number of carboxylic acid groups (broad SMARTS) is 1. The van der Waals surface area contributed by atoms with Gasteiger partial charge in [0, 0.05) is 0 Å². The smallest absolute Gasteiger partial charge is 0.329 e. The standard InChI is InChI=1S/C15H20FNO4/c1-3-15(4-2,14(19)20)17-13(18)9-10-21-12-7-5-11(16)6-8-12/h5-8H,3-4,9-10H2,1-2H3,(H,17,18)(H,19,20). The molecule has 0 spiro atoms. The Balaban J connectivity index is 2.46. The summed E-state index contributed by atoms with van der Waals surface area (Å²) >= 11 is 0. The molecule has 1 amide bonds. The topological polar surface area (TPSA) is 75.6 Å². The molecule has 0 aliphatic rings. The molecule has 5 nitrogen and oxygen atoms in total. The summed E-state index contributed by atoms with van der Waals surface area (Å²) in [6.07, 6.45) is 0.652. The largest absolute Gasteiger partial charge is 0.493 e. The molecular weight excluding hydrogens is 277 g/mol. The highest BCUT2D eigenvalue weighted by Gasteiger charge is 2.36. The molecule has 0 saturated heterocycles. The third kappa shape index (κ3) is 4.73. The lowest BCUT2D eigenvalue weighted by Gasteiger charge is -2.28. The molecule has 0 aromatic heterocycles. The molecule has 116 valence electrons. The molecule has 0 radical (unpaired) electrons. The Morgan fingerprint density at radius 3 is 2.29 bits per heavy atom. The van der Waals surface area contributed by atoms with Crippen molar-refractivity contribution in [2.75, 3.05) is 6.61 Å². The van der Waals surface area contributed by atoms with Crippen molar-refractivity contribution in [2.24, 2.45) is 0 Å². The molecule has 0 heterocycles. The zero-order valence-corrected chi connectivity index (χ0v) is 12.2. The summed E-state index contributed by atoms with van der Waals surface area (Å²) in [6, 6.07) is 5.46. The maximum atomic E-state index is 12.7. The second kappa shape index (κ2) is 7.61. The van der Waals surface area contributed by atoms with Crippen molar-refractivity contribution in [1.82, 2.24) is 5.32 Å². The Hall–Kier alpha value is -2.11. The summed E-state index contributed by atoms with van der Waals surface area (Å²) in [5.41, 5.74) is -1.23. The van der Waals surface area contributed by atoms with Crippen LogP contribution in [0.15, 0.2) is 24.3 Å². The van der Waals surface area contributed by atoms with E-state index >= 15 is 0 Å². The Bertz CT molecular complexity index is 483. The number of benzene rings is 1. The van der Waals surface area contributed by atoms with Crippen molar-refractivity contribution >= 4 is 11.9 Å². The van der Waals surface area contributed by atoms with Gasteiger partial charge in [-0.05, 0) is 37.1 Å². The maximum absolute atomic E-state index is 12.7. The normalized spacial score (nSPS) is 11.0. The Morgan fingerprint density at radius 1 is 1.24 bits per heavy atom. The van der Waals surface area contributed by atoms with Gasteiger partial charge in [-0.25, -0.2) is 9.18 Å². The number of halogens is 1. The number of carboxylic acids is 1. The lowest BCUT2D eigenvalue weighted by Crippen LogP contribution is -2.53. The van der Waals surface area contributed by atoms with Crippen molar-refractivity contribution in [1.29, 1.82) is 0 Å². The fraction of sp³-hybridized carbons (Fsp3) is 0.467. The lowest BCUT2D eigenvalue weighted by molar-refractivity contribution is -0.148. The Morgan fingerprint density at radius 2 is 1.81 bits per heavy atom. The highest BCUT2D eigenvalue weighted by Crippen LogP contribution is 2.16. The number of nitrogens with one attached hydrogen (secondary N) is 1. The number of carbonyl (C=O) groups excluding carboxylic acids is 1. The predicted octanol–water partition coefficient (Wildman–Crippen LogP) is 2.35. The van der Waals surface area contributed by atoms with Crippen LogP contribution in [0.4, 0.5) is 4.39 Å². The fourth-order valence-electron chi connectivity index (χ4n) is 1.90. The first-order chi connectivity index (χ1) is 9.93. The highest BCUT2D eigenvalue weighted by molar-refractivity contribution is 5.86. The molecule has 0 fully saturated rings. The van der Waals surface area contributed by atoms with Gasteiger partial charge in [0.1, 0.15) is 17.1 Å². The molecule has 1 rings (SSSR count). The number of hydrogen-bond donors (Lipinski definition) is 2. The van der Waals surface area contributed by atoms with Crippen LogP contribution in [0.1, 0.15) is 33.1 Å². The van der Waals surface area contributed by atoms with E-state index in [1.54, 1.807) is 13.8 Å². The molecule has 0 aliphatic heterocycles. The predicted molar refractivity (Wildman–Crippen MR) is 75.6 cm³/mol. The SMILES string of the molecule is CCC(CC)(NC(=O)CCOc1ccc(F)cc1)C(=O)O. The monoisotopic (exact) mass is 297 g/mol. The van der Waals surface area contributed by atoms with Crippen LogP contribution in [0, 0.1) is 5.82 Å². The molecule has 0 unspecified atom stereocenters. The first kappa shape index (κ1) is 16.9. The molecule has 0 atom stereocenters. The van der Waals surface area contributed by atoms with Crippen LogP contribution in [0.5, 0.6) is 5.75 Å². The quantitative estimate of drug-likeness (QED) is 0.772. The van der Waals surface area contributed by atoms with Gasteiger partial charge in [-0.3, -0.25) is 4.79 Å². The third-order valence-corrected chi connectivity index (χ3v) is 3.41. The van der Waals surface area contributed by atoms with Crippen LogP contribution in [0.3, 0.4) is 0 Å². The third-order valence-electron chi connectivity index (χ3n) is 3.41. The summed E-state index contributed by atoms with van der Waals surface area (Å²) in [4.78, 5) is 23.1. The molecule has 1 aromatic carbocycles. The van der Waals surface area contributed by atoms with Gasteiger partial charge in [-0.1, -0.05) is 13.8 Å². The number of aliphatic carboxylic acids is 1. The van der Waals surface area contributed by atoms with E-state index in [4.69, 9.17) is 4.74 Å². The molecule has 0 bridgehead atoms. The van der Waals surface area contributed by atoms with E-state index in [0.717, 1.165) is 0 Å². The summed E-state index contributed by atoms with van der Waals surface area (Å²) in [5, 5.41) is 11.8. The van der Waals surface area contributed by atoms with Crippen molar-refractivity contribution in [3.8, 4) is 5.75 Å². The van der Waals surface area contributed by atoms with E-state index in [2.05, 4.69) is 5.32 Å². The van der Waals surface area contributed by atoms with E-state index in [0.29, 0.717) is 18.6 Å². The van der Waals surface area contributed by atoms with Gasteiger partial charge < -0.3 is 15.2 Å². The number of rotatable bonds is 8. The number of hydrogen-bond acceptors (Lipinski definition) is 3. The van der Waals surface area contributed by atoms with Crippen LogP contribution in [-0.2, 0) is 9.59 Å². The maximum Gasteiger partial charge on any atom is 0.329 e. The van der Waals surface area contributed by atoms with Gasteiger partial charge in [0.2, 0.25) is 5.91 Å². The number of carbonyl (C=O) groups is 2. The minimum atomic E-state index is -1.23. The summed E-state index contributed by atoms with van der Waals surface area (Å²) in [5.74, 6) is -1.33. The van der Waals surface area contributed by atoms with Crippen LogP contribution in [0.2, 0.25) is 0 Å². The first-order valence-electron chi connectivity index (χ1n) is 6.86. The Kier molecular flexibility index (Phi) is 6.14. The first-order valence-corrected chi connectivity index (χ1v) is 6.86. The van der Waals surface area contributed by atoms with E-state index in [1.807, 2.05) is 0 Å². The number of amides is 1. The van der Waals surface area contributed by atoms with Crippen molar-refractivity contribution in [3.63, 3.8) is 0 Å². The van der Waals surface area contributed by atoms with Gasteiger partial charge in [-0.15, -0.1) is 0 Å². The van der Waals surface area contributed by atoms with Crippen molar-refractivity contribution in [3.05, 3.63) is 30.1 Å². The van der Waals surface area contributed by atoms with Crippen LogP contribution >= 0.6 is 0 Å². The summed E-state index contributed by atoms with van der Waals surface area (Å²) in [6.45, 7) is 3.53. The van der Waals surface area contributed by atoms with Gasteiger partial charge in [0.25, 0.3) is 0 Å². The minimum absolute atomic E-state index is 0.0341. The summed E-state index contributed by atoms with van der Waals surface area (Å²) in [7, 11) is 0. The van der Waals surface area contributed by atoms with Crippen molar-refractivity contribution in [2.45, 2.75) is 38.6 Å². The molecule has 6 heteroatoms. The lowest BCUT2D eigenvalue weighted by atomic mass is 9.93. The van der Waals surface area contributed by atoms with Crippen molar-refractivity contribution < 1.29 is 23.8 Å². The molecule has 2 N–H and O–H groups in total. The van der Waals surface area contributed by atoms with Crippen LogP contribution < -0.4 is 10.1 Å². The average Bonchev–Trinajstić information content (AvgIpc) is 2.46. The van der Waals surface area contributed by atoms with E-state index in [9.17, 15) is 19.1 Å². The van der Waals surface area contributed by atoms with Crippen LogP contribution in [-0.4, -0.2) is 29.1 Å². The fourth-order valence-corrected chi connectivity index (χ4v) is 1.90. The van der Waals surface area contributed by atoms with Gasteiger partial charge in [-0.2, -0.15) is 0 Å². The highest BCUT2D eigenvalue weighted by atomic mass is 19.1. The minimum Gasteiger partial charge on any atom is -0.493 e. The van der Waals surface area contributed by atoms with E-state index < -0.39 is 11.5 Å². The van der Waals surface area contributed by atoms with Gasteiger partial charge in [0.05, 0.1) is 13.0 Å². The number of ether oxygens (including phenoxy) is 1. The summed E-state index contributed by atoms with van der Waals surface area (Å²) < 4.78 is 18.0. The van der Waals surface area contributed by atoms with Gasteiger partial charge in [0.15, 0.2) is 0 Å². The zero-order valence-electron chi connectivity index (χ0n) is 12.2. The molecule has 0 aliphatic carbocycles. The second-order valence-corrected chi connectivity index (χ2v) is 4.69. The van der Waals surface area contributed by atoms with E-state index in [-0.39, 0.29) is 24.8 Å². The Labute approximate surface area is 123 Å². The molecule has 21 heavy (non-hydrogen) atoms.